The fraction of sp³-hybridized carbons (Fsp3) is 0.909. The molecule has 0 spiro atoms. The molecule has 0 aromatic rings. The summed E-state index contributed by atoms with van der Waals surface area (Å²) in [7, 11) is 1.60. The maximum absolute atomic E-state index is 11.6. The van der Waals surface area contributed by atoms with Crippen LogP contribution >= 0.6 is 0 Å². The van der Waals surface area contributed by atoms with Crippen LogP contribution in [0.1, 0.15) is 25.7 Å². The molecule has 0 aromatic carbocycles. The van der Waals surface area contributed by atoms with Gasteiger partial charge in [-0.2, -0.15) is 0 Å². The summed E-state index contributed by atoms with van der Waals surface area (Å²) in [5.74, 6) is 0.625. The molecule has 1 fully saturated rings. The van der Waals surface area contributed by atoms with E-state index in [1.54, 1.807) is 7.11 Å². The fourth-order valence-corrected chi connectivity index (χ4v) is 1.98. The summed E-state index contributed by atoms with van der Waals surface area (Å²) in [5, 5.41) is 0. The quantitative estimate of drug-likeness (QED) is 0.547. The molecule has 0 heterocycles. The van der Waals surface area contributed by atoms with Gasteiger partial charge < -0.3 is 15.2 Å². The van der Waals surface area contributed by atoms with E-state index < -0.39 is 0 Å². The molecule has 0 saturated heterocycles. The van der Waals surface area contributed by atoms with Gasteiger partial charge in [0.15, 0.2) is 0 Å². The van der Waals surface area contributed by atoms with Gasteiger partial charge in [-0.15, -0.1) is 0 Å². The Kier molecular flexibility index (Phi) is 5.65. The van der Waals surface area contributed by atoms with Gasteiger partial charge >= 0.3 is 5.97 Å². The van der Waals surface area contributed by atoms with Crippen molar-refractivity contribution in [3.8, 4) is 0 Å². The first kappa shape index (κ1) is 12.5. The van der Waals surface area contributed by atoms with Crippen molar-refractivity contribution < 1.29 is 14.3 Å². The molecule has 0 aromatic heterocycles. The molecule has 4 heteroatoms. The second-order valence-electron chi connectivity index (χ2n) is 4.11. The molecule has 1 saturated carbocycles. The van der Waals surface area contributed by atoms with Crippen molar-refractivity contribution in [2.24, 2.45) is 17.6 Å². The largest absolute Gasteiger partial charge is 0.463 e. The van der Waals surface area contributed by atoms with Gasteiger partial charge in [0.05, 0.1) is 12.5 Å². The maximum Gasteiger partial charge on any atom is 0.309 e. The summed E-state index contributed by atoms with van der Waals surface area (Å²) in [5.41, 5.74) is 5.59. The van der Waals surface area contributed by atoms with Gasteiger partial charge in [0.1, 0.15) is 6.61 Å². The van der Waals surface area contributed by atoms with Crippen LogP contribution in [0.3, 0.4) is 0 Å². The molecule has 0 aliphatic heterocycles. The minimum Gasteiger partial charge on any atom is -0.463 e. The number of ether oxygens (including phenoxy) is 2. The van der Waals surface area contributed by atoms with Crippen molar-refractivity contribution >= 4 is 5.97 Å². The third-order valence-corrected chi connectivity index (χ3v) is 3.05. The van der Waals surface area contributed by atoms with Crippen LogP contribution in [0, 0.1) is 11.8 Å². The highest BCUT2D eigenvalue weighted by Gasteiger charge is 2.26. The number of carbonyl (C=O) groups excluding carboxylic acids is 1. The molecule has 15 heavy (non-hydrogen) atoms. The molecule has 4 nitrogen and oxygen atoms in total. The van der Waals surface area contributed by atoms with Crippen molar-refractivity contribution in [1.29, 1.82) is 0 Å². The highest BCUT2D eigenvalue weighted by molar-refractivity contribution is 5.72. The standard InChI is InChI=1S/C11H21NO3/c1-14-6-7-15-11(13)10-4-2-9(8-12)3-5-10/h9-10H,2-8,12H2,1H3. The monoisotopic (exact) mass is 215 g/mol. The van der Waals surface area contributed by atoms with Crippen LogP contribution < -0.4 is 5.73 Å². The zero-order valence-electron chi connectivity index (χ0n) is 9.41. The number of esters is 1. The Balaban J connectivity index is 2.18. The number of carbonyl (C=O) groups is 1. The zero-order valence-corrected chi connectivity index (χ0v) is 9.41. The fourth-order valence-electron chi connectivity index (χ4n) is 1.98. The van der Waals surface area contributed by atoms with Gasteiger partial charge in [-0.25, -0.2) is 0 Å². The SMILES string of the molecule is COCCOC(=O)C1CCC(CN)CC1. The Hall–Kier alpha value is -0.610. The van der Waals surface area contributed by atoms with Crippen molar-refractivity contribution in [3.05, 3.63) is 0 Å². The molecule has 0 atom stereocenters. The van der Waals surface area contributed by atoms with Gasteiger partial charge in [-0.1, -0.05) is 0 Å². The summed E-state index contributed by atoms with van der Waals surface area (Å²) < 4.78 is 9.92. The molecular formula is C11H21NO3. The first-order valence-electron chi connectivity index (χ1n) is 5.63. The molecule has 0 radical (unpaired) electrons. The lowest BCUT2D eigenvalue weighted by atomic mass is 9.82. The lowest BCUT2D eigenvalue weighted by Crippen LogP contribution is -2.27. The molecule has 1 aliphatic rings. The van der Waals surface area contributed by atoms with E-state index in [0.29, 0.717) is 19.1 Å². The number of methoxy groups -OCH3 is 1. The van der Waals surface area contributed by atoms with Gasteiger partial charge in [0.25, 0.3) is 0 Å². The van der Waals surface area contributed by atoms with Crippen LogP contribution in [0.2, 0.25) is 0 Å². The van der Waals surface area contributed by atoms with E-state index in [1.165, 1.54) is 0 Å². The lowest BCUT2D eigenvalue weighted by molar-refractivity contribution is -0.151. The summed E-state index contributed by atoms with van der Waals surface area (Å²) in [6.45, 7) is 1.58. The lowest BCUT2D eigenvalue weighted by Gasteiger charge is -2.26. The zero-order chi connectivity index (χ0) is 11.1. The summed E-state index contributed by atoms with van der Waals surface area (Å²) in [6, 6.07) is 0. The van der Waals surface area contributed by atoms with Crippen LogP contribution in [-0.2, 0) is 14.3 Å². The highest BCUT2D eigenvalue weighted by Crippen LogP contribution is 2.28. The molecular weight excluding hydrogens is 194 g/mol. The summed E-state index contributed by atoms with van der Waals surface area (Å²) in [6.07, 6.45) is 3.96. The maximum atomic E-state index is 11.6. The first-order valence-corrected chi connectivity index (χ1v) is 5.63. The predicted octanol–water partition coefficient (Wildman–Crippen LogP) is 0.941. The second kappa shape index (κ2) is 6.80. The third kappa shape index (κ3) is 4.18. The minimum absolute atomic E-state index is 0.0671. The van der Waals surface area contributed by atoms with Gasteiger partial charge in [-0.05, 0) is 38.1 Å². The Morgan fingerprint density at radius 3 is 2.47 bits per heavy atom. The summed E-state index contributed by atoms with van der Waals surface area (Å²) >= 11 is 0. The molecule has 0 bridgehead atoms. The third-order valence-electron chi connectivity index (χ3n) is 3.05. The number of nitrogens with two attached hydrogens (primary N) is 1. The molecule has 1 rings (SSSR count). The van der Waals surface area contributed by atoms with Crippen molar-refractivity contribution in [2.75, 3.05) is 26.9 Å². The molecule has 0 amide bonds. The van der Waals surface area contributed by atoms with Crippen molar-refractivity contribution in [1.82, 2.24) is 0 Å². The van der Waals surface area contributed by atoms with Crippen LogP contribution in [-0.4, -0.2) is 32.8 Å². The van der Waals surface area contributed by atoms with Gasteiger partial charge in [-0.3, -0.25) is 4.79 Å². The normalized spacial score (nSPS) is 26.3. The van der Waals surface area contributed by atoms with E-state index in [9.17, 15) is 4.79 Å². The predicted molar refractivity (Wildman–Crippen MR) is 57.3 cm³/mol. The Morgan fingerprint density at radius 1 is 1.27 bits per heavy atom. The summed E-state index contributed by atoms with van der Waals surface area (Å²) in [4.78, 5) is 11.6. The van der Waals surface area contributed by atoms with E-state index >= 15 is 0 Å². The minimum atomic E-state index is -0.0671. The van der Waals surface area contributed by atoms with E-state index in [0.717, 1.165) is 32.2 Å². The number of hydrogen-bond acceptors (Lipinski definition) is 4. The first-order chi connectivity index (χ1) is 7.27. The van der Waals surface area contributed by atoms with E-state index in [4.69, 9.17) is 15.2 Å². The van der Waals surface area contributed by atoms with Gasteiger partial charge in [0.2, 0.25) is 0 Å². The molecule has 2 N–H and O–H groups in total. The van der Waals surface area contributed by atoms with Crippen LogP contribution in [0.5, 0.6) is 0 Å². The average molecular weight is 215 g/mol. The number of hydrogen-bond donors (Lipinski definition) is 1. The van der Waals surface area contributed by atoms with Gasteiger partial charge in [0, 0.05) is 7.11 Å². The molecule has 0 unspecified atom stereocenters. The van der Waals surface area contributed by atoms with E-state index in [-0.39, 0.29) is 11.9 Å². The van der Waals surface area contributed by atoms with E-state index in [1.807, 2.05) is 0 Å². The second-order valence-corrected chi connectivity index (χ2v) is 4.11. The van der Waals surface area contributed by atoms with Crippen LogP contribution in [0.25, 0.3) is 0 Å². The highest BCUT2D eigenvalue weighted by atomic mass is 16.6. The topological polar surface area (TPSA) is 61.5 Å². The molecule has 88 valence electrons. The Morgan fingerprint density at radius 2 is 1.93 bits per heavy atom. The smallest absolute Gasteiger partial charge is 0.309 e. The van der Waals surface area contributed by atoms with Crippen molar-refractivity contribution in [2.45, 2.75) is 25.7 Å². The van der Waals surface area contributed by atoms with Crippen molar-refractivity contribution in [3.63, 3.8) is 0 Å². The average Bonchev–Trinajstić information content (AvgIpc) is 2.29. The Labute approximate surface area is 91.1 Å². The van der Waals surface area contributed by atoms with E-state index in [2.05, 4.69) is 0 Å². The Bertz CT molecular complexity index is 188. The van der Waals surface area contributed by atoms with Crippen LogP contribution in [0.15, 0.2) is 0 Å². The van der Waals surface area contributed by atoms with Crippen LogP contribution in [0.4, 0.5) is 0 Å². The molecule has 1 aliphatic carbocycles. The number of rotatable bonds is 5.